The van der Waals surface area contributed by atoms with Crippen LogP contribution in [0.25, 0.3) is 3.58 Å². The summed E-state index contributed by atoms with van der Waals surface area (Å²) < 4.78 is 0.792. The van der Waals surface area contributed by atoms with Crippen molar-refractivity contribution in [3.8, 4) is 0 Å². The van der Waals surface area contributed by atoms with E-state index in [4.69, 9.17) is 5.11 Å². The Morgan fingerprint density at radius 3 is 2.77 bits per heavy atom. The smallest absolute Gasteiger partial charge is 0.333 e. The first-order valence-electron chi connectivity index (χ1n) is 3.75. The normalized spacial score (nSPS) is 19.5. The number of fused-ring (bicyclic) bond motifs is 1. The summed E-state index contributed by atoms with van der Waals surface area (Å²) in [5, 5.41) is 10.6. The molecule has 0 saturated carbocycles. The maximum Gasteiger partial charge on any atom is 0.333 e. The second-order valence-electron chi connectivity index (χ2n) is 2.73. The predicted octanol–water partition coefficient (Wildman–Crippen LogP) is 0.316. The average Bonchev–Trinajstić information content (AvgIpc) is 2.45. The van der Waals surface area contributed by atoms with E-state index in [2.05, 4.69) is 4.99 Å². The van der Waals surface area contributed by atoms with Crippen LogP contribution in [-0.2, 0) is 4.79 Å². The van der Waals surface area contributed by atoms with E-state index < -0.39 is 12.0 Å². The minimum atomic E-state index is -0.888. The SMILES string of the molecule is O=C(O)[C@@H]1N=c2ccccc2=C1I. The number of carbonyl (C=O) groups is 1. The summed E-state index contributed by atoms with van der Waals surface area (Å²) in [5.74, 6) is -0.888. The Labute approximate surface area is 87.9 Å². The molecule has 0 aliphatic carbocycles. The zero-order chi connectivity index (χ0) is 9.42. The van der Waals surface area contributed by atoms with Crippen molar-refractivity contribution in [1.29, 1.82) is 0 Å². The molecule has 1 aromatic rings. The van der Waals surface area contributed by atoms with Gasteiger partial charge in [-0.05, 0) is 28.7 Å². The highest BCUT2D eigenvalue weighted by Crippen LogP contribution is 2.16. The summed E-state index contributed by atoms with van der Waals surface area (Å²) in [5.41, 5.74) is 0. The van der Waals surface area contributed by atoms with E-state index in [1.54, 1.807) is 0 Å². The molecule has 0 bridgehead atoms. The number of carboxylic acid groups (broad SMARTS) is 1. The van der Waals surface area contributed by atoms with Crippen molar-refractivity contribution >= 4 is 32.1 Å². The van der Waals surface area contributed by atoms with Crippen molar-refractivity contribution in [2.45, 2.75) is 6.04 Å². The van der Waals surface area contributed by atoms with Gasteiger partial charge in [-0.25, -0.2) is 4.79 Å². The number of hydrogen-bond acceptors (Lipinski definition) is 2. The summed E-state index contributed by atoms with van der Waals surface area (Å²) in [6, 6.07) is 6.77. The van der Waals surface area contributed by atoms with Crippen molar-refractivity contribution in [2.24, 2.45) is 4.99 Å². The van der Waals surface area contributed by atoms with Gasteiger partial charge in [0, 0.05) is 8.80 Å². The van der Waals surface area contributed by atoms with E-state index in [-0.39, 0.29) is 0 Å². The highest BCUT2D eigenvalue weighted by Gasteiger charge is 2.23. The summed E-state index contributed by atoms with van der Waals surface area (Å²) in [6.07, 6.45) is 0. The van der Waals surface area contributed by atoms with Crippen LogP contribution in [0.1, 0.15) is 0 Å². The average molecular weight is 287 g/mol. The van der Waals surface area contributed by atoms with Gasteiger partial charge in [-0.15, -0.1) is 0 Å². The van der Waals surface area contributed by atoms with Crippen LogP contribution in [0, 0.1) is 0 Å². The Hall–Kier alpha value is -0.910. The molecule has 1 N–H and O–H groups in total. The van der Waals surface area contributed by atoms with E-state index >= 15 is 0 Å². The Morgan fingerprint density at radius 1 is 1.46 bits per heavy atom. The molecule has 3 nitrogen and oxygen atoms in total. The fraction of sp³-hybridized carbons (Fsp3) is 0.111. The van der Waals surface area contributed by atoms with E-state index in [1.165, 1.54) is 0 Å². The number of nitrogens with zero attached hydrogens (tertiary/aromatic N) is 1. The van der Waals surface area contributed by atoms with Crippen LogP contribution in [-0.4, -0.2) is 17.1 Å². The van der Waals surface area contributed by atoms with E-state index in [0.717, 1.165) is 14.2 Å². The van der Waals surface area contributed by atoms with Crippen molar-refractivity contribution in [3.05, 3.63) is 34.8 Å². The second-order valence-corrected chi connectivity index (χ2v) is 3.90. The summed E-state index contributed by atoms with van der Waals surface area (Å²) >= 11 is 2.04. The standard InChI is InChI=1S/C9H6INO2/c10-7-5-3-1-2-4-6(5)11-8(7)9(12)13/h1-4,8H,(H,12,13)/t8-/m1/s1. The molecule has 0 aromatic heterocycles. The molecule has 4 heteroatoms. The molecule has 0 fully saturated rings. The molecular formula is C9H6INO2. The van der Waals surface area contributed by atoms with Gasteiger partial charge in [-0.1, -0.05) is 18.2 Å². The first kappa shape index (κ1) is 8.68. The van der Waals surface area contributed by atoms with Crippen LogP contribution < -0.4 is 10.6 Å². The van der Waals surface area contributed by atoms with Crippen molar-refractivity contribution in [2.75, 3.05) is 0 Å². The zero-order valence-corrected chi connectivity index (χ0v) is 8.72. The van der Waals surface area contributed by atoms with E-state index in [0.29, 0.717) is 0 Å². The van der Waals surface area contributed by atoms with Gasteiger partial charge >= 0.3 is 5.97 Å². The lowest BCUT2D eigenvalue weighted by atomic mass is 10.2. The fourth-order valence-corrected chi connectivity index (χ4v) is 2.16. The highest BCUT2D eigenvalue weighted by atomic mass is 127. The van der Waals surface area contributed by atoms with Gasteiger partial charge in [0.15, 0.2) is 6.04 Å². The van der Waals surface area contributed by atoms with Crippen LogP contribution >= 0.6 is 22.6 Å². The lowest BCUT2D eigenvalue weighted by molar-refractivity contribution is -0.136. The molecule has 2 rings (SSSR count). The Balaban J connectivity index is 2.72. The number of rotatable bonds is 1. The molecule has 0 unspecified atom stereocenters. The van der Waals surface area contributed by atoms with Crippen molar-refractivity contribution in [1.82, 2.24) is 0 Å². The van der Waals surface area contributed by atoms with Crippen molar-refractivity contribution in [3.63, 3.8) is 0 Å². The molecule has 1 aliphatic rings. The largest absolute Gasteiger partial charge is 0.479 e. The summed E-state index contributed by atoms with van der Waals surface area (Å²) in [6.45, 7) is 0. The summed E-state index contributed by atoms with van der Waals surface area (Å²) in [4.78, 5) is 14.8. The summed E-state index contributed by atoms with van der Waals surface area (Å²) in [7, 11) is 0. The van der Waals surface area contributed by atoms with Gasteiger partial charge in [0.05, 0.1) is 5.36 Å². The number of carboxylic acids is 1. The Morgan fingerprint density at radius 2 is 2.15 bits per heavy atom. The molecule has 1 atom stereocenters. The van der Waals surface area contributed by atoms with Gasteiger partial charge in [-0.2, -0.15) is 0 Å². The first-order valence-corrected chi connectivity index (χ1v) is 4.83. The molecule has 13 heavy (non-hydrogen) atoms. The fourth-order valence-electron chi connectivity index (χ4n) is 1.29. The third-order valence-corrected chi connectivity index (χ3v) is 3.07. The second kappa shape index (κ2) is 3.10. The number of halogens is 1. The number of aliphatic carboxylic acids is 1. The molecule has 1 aromatic carbocycles. The highest BCUT2D eigenvalue weighted by molar-refractivity contribution is 14.1. The third-order valence-electron chi connectivity index (χ3n) is 1.90. The minimum absolute atomic E-state index is 0.696. The topological polar surface area (TPSA) is 49.7 Å². The molecular weight excluding hydrogens is 281 g/mol. The van der Waals surface area contributed by atoms with Crippen LogP contribution in [0.15, 0.2) is 29.3 Å². The quantitative estimate of drug-likeness (QED) is 0.756. The number of para-hydroxylation sites is 1. The Kier molecular flexibility index (Phi) is 2.07. The Bertz CT molecular complexity index is 481. The number of hydrogen-bond donors (Lipinski definition) is 1. The predicted molar refractivity (Wildman–Crippen MR) is 56.1 cm³/mol. The van der Waals surface area contributed by atoms with Gasteiger partial charge < -0.3 is 5.11 Å². The molecule has 66 valence electrons. The lowest BCUT2D eigenvalue weighted by Crippen LogP contribution is -2.21. The molecule has 0 spiro atoms. The lowest BCUT2D eigenvalue weighted by Gasteiger charge is -1.98. The molecule has 0 radical (unpaired) electrons. The maximum absolute atomic E-state index is 10.8. The number of benzene rings is 1. The molecule has 0 amide bonds. The van der Waals surface area contributed by atoms with Crippen LogP contribution in [0.5, 0.6) is 0 Å². The van der Waals surface area contributed by atoms with Gasteiger partial charge in [-0.3, -0.25) is 4.99 Å². The maximum atomic E-state index is 10.8. The van der Waals surface area contributed by atoms with Crippen LogP contribution in [0.4, 0.5) is 0 Å². The zero-order valence-electron chi connectivity index (χ0n) is 6.57. The van der Waals surface area contributed by atoms with Gasteiger partial charge in [0.25, 0.3) is 0 Å². The van der Waals surface area contributed by atoms with Gasteiger partial charge in [0.1, 0.15) is 0 Å². The van der Waals surface area contributed by atoms with Crippen LogP contribution in [0.3, 0.4) is 0 Å². The molecule has 0 saturated heterocycles. The third kappa shape index (κ3) is 1.35. The van der Waals surface area contributed by atoms with Crippen molar-refractivity contribution < 1.29 is 9.90 Å². The van der Waals surface area contributed by atoms with E-state index in [1.807, 2.05) is 46.9 Å². The van der Waals surface area contributed by atoms with E-state index in [9.17, 15) is 4.79 Å². The van der Waals surface area contributed by atoms with Gasteiger partial charge in [0.2, 0.25) is 0 Å². The monoisotopic (exact) mass is 287 g/mol. The minimum Gasteiger partial charge on any atom is -0.479 e. The first-order chi connectivity index (χ1) is 6.20. The van der Waals surface area contributed by atoms with Crippen LogP contribution in [0.2, 0.25) is 0 Å². The molecule has 1 aliphatic heterocycles. The molecule has 1 heterocycles.